The molecule has 1 amide bonds. The first kappa shape index (κ1) is 22.9. The highest BCUT2D eigenvalue weighted by Crippen LogP contribution is 2.25. The van der Waals surface area contributed by atoms with Crippen molar-refractivity contribution in [1.82, 2.24) is 9.62 Å². The highest BCUT2D eigenvalue weighted by molar-refractivity contribution is 7.89. The van der Waals surface area contributed by atoms with Crippen LogP contribution >= 0.6 is 0 Å². The maximum Gasteiger partial charge on any atom is 0.307 e. The van der Waals surface area contributed by atoms with Crippen molar-refractivity contribution in [2.24, 2.45) is 5.92 Å². The minimum Gasteiger partial charge on any atom is -0.469 e. The molecule has 0 spiro atoms. The molecule has 2 aromatic carbocycles. The first-order valence-electron chi connectivity index (χ1n) is 9.99. The number of carbonyl (C=O) groups excluding carboxylic acids is 2. The number of sulfonamides is 1. The largest absolute Gasteiger partial charge is 0.469 e. The van der Waals surface area contributed by atoms with Gasteiger partial charge in [-0.2, -0.15) is 4.31 Å². The zero-order chi connectivity index (χ0) is 22.4. The molecule has 31 heavy (non-hydrogen) atoms. The Balaban J connectivity index is 1.73. The number of hydrogen-bond acceptors (Lipinski definition) is 5. The summed E-state index contributed by atoms with van der Waals surface area (Å²) in [5.41, 5.74) is 0.757. The van der Waals surface area contributed by atoms with Gasteiger partial charge in [0.1, 0.15) is 5.82 Å². The topological polar surface area (TPSA) is 92.8 Å². The molecule has 7 nitrogen and oxygen atoms in total. The number of nitrogens with one attached hydrogen (secondary N) is 1. The Morgan fingerprint density at radius 2 is 1.84 bits per heavy atom. The molecule has 2 aromatic rings. The van der Waals surface area contributed by atoms with Crippen LogP contribution in [0.4, 0.5) is 4.39 Å². The molecular weight excluding hydrogens is 423 g/mol. The molecule has 1 heterocycles. The number of esters is 1. The molecule has 166 valence electrons. The van der Waals surface area contributed by atoms with Gasteiger partial charge in [-0.15, -0.1) is 0 Å². The van der Waals surface area contributed by atoms with Crippen molar-refractivity contribution in [2.45, 2.75) is 30.2 Å². The SMILES string of the molecule is COC(=O)C[C@@H](NC(=O)[C@H]1CCCN(S(=O)(=O)c2ccc(F)cc2)C1)c1ccccc1. The number of ether oxygens (including phenoxy) is 1. The fourth-order valence-electron chi connectivity index (χ4n) is 3.61. The third-order valence-electron chi connectivity index (χ3n) is 5.32. The van der Waals surface area contributed by atoms with E-state index in [0.717, 1.165) is 17.7 Å². The summed E-state index contributed by atoms with van der Waals surface area (Å²) >= 11 is 0. The van der Waals surface area contributed by atoms with Gasteiger partial charge in [0.05, 0.1) is 30.4 Å². The first-order valence-corrected chi connectivity index (χ1v) is 11.4. The summed E-state index contributed by atoms with van der Waals surface area (Å²) in [5, 5.41) is 2.88. The number of halogens is 1. The van der Waals surface area contributed by atoms with E-state index < -0.39 is 33.8 Å². The van der Waals surface area contributed by atoms with E-state index in [9.17, 15) is 22.4 Å². The molecule has 2 atom stereocenters. The van der Waals surface area contributed by atoms with Crippen LogP contribution in [0.5, 0.6) is 0 Å². The predicted molar refractivity (Wildman–Crippen MR) is 112 cm³/mol. The Hall–Kier alpha value is -2.78. The summed E-state index contributed by atoms with van der Waals surface area (Å²) in [5.74, 6) is -1.87. The summed E-state index contributed by atoms with van der Waals surface area (Å²) in [4.78, 5) is 24.8. The number of amides is 1. The quantitative estimate of drug-likeness (QED) is 0.658. The Bertz CT molecular complexity index is 1010. The lowest BCUT2D eigenvalue weighted by Gasteiger charge is -2.32. The van der Waals surface area contributed by atoms with E-state index in [4.69, 9.17) is 4.74 Å². The van der Waals surface area contributed by atoms with Crippen molar-refractivity contribution in [3.8, 4) is 0 Å². The van der Waals surface area contributed by atoms with E-state index in [0.29, 0.717) is 12.8 Å². The lowest BCUT2D eigenvalue weighted by molar-refractivity contribution is -0.141. The third kappa shape index (κ3) is 5.68. The van der Waals surface area contributed by atoms with Crippen LogP contribution in [-0.2, 0) is 24.3 Å². The zero-order valence-electron chi connectivity index (χ0n) is 17.2. The van der Waals surface area contributed by atoms with Gasteiger partial charge in [-0.3, -0.25) is 9.59 Å². The van der Waals surface area contributed by atoms with Crippen LogP contribution in [0, 0.1) is 11.7 Å². The van der Waals surface area contributed by atoms with Gasteiger partial charge in [-0.1, -0.05) is 30.3 Å². The van der Waals surface area contributed by atoms with Gasteiger partial charge in [0.15, 0.2) is 0 Å². The van der Waals surface area contributed by atoms with E-state index in [1.54, 1.807) is 12.1 Å². The van der Waals surface area contributed by atoms with Gasteiger partial charge < -0.3 is 10.1 Å². The lowest BCUT2D eigenvalue weighted by atomic mass is 9.97. The minimum atomic E-state index is -3.84. The average Bonchev–Trinajstić information content (AvgIpc) is 2.79. The Morgan fingerprint density at radius 1 is 1.16 bits per heavy atom. The maximum atomic E-state index is 13.2. The molecule has 0 aliphatic carbocycles. The van der Waals surface area contributed by atoms with Gasteiger partial charge in [-0.05, 0) is 42.7 Å². The van der Waals surface area contributed by atoms with E-state index in [1.165, 1.54) is 23.5 Å². The van der Waals surface area contributed by atoms with Gasteiger partial charge in [0.2, 0.25) is 15.9 Å². The van der Waals surface area contributed by atoms with Crippen molar-refractivity contribution in [2.75, 3.05) is 20.2 Å². The number of hydrogen-bond donors (Lipinski definition) is 1. The zero-order valence-corrected chi connectivity index (χ0v) is 18.0. The second kappa shape index (κ2) is 10.0. The van der Waals surface area contributed by atoms with Gasteiger partial charge in [-0.25, -0.2) is 12.8 Å². The van der Waals surface area contributed by atoms with E-state index >= 15 is 0 Å². The van der Waals surface area contributed by atoms with Crippen LogP contribution in [0.3, 0.4) is 0 Å². The van der Waals surface area contributed by atoms with Gasteiger partial charge in [0.25, 0.3) is 0 Å². The Morgan fingerprint density at radius 3 is 2.48 bits per heavy atom. The normalized spacial score (nSPS) is 18.2. The van der Waals surface area contributed by atoms with Crippen molar-refractivity contribution in [3.63, 3.8) is 0 Å². The summed E-state index contributed by atoms with van der Waals surface area (Å²) in [7, 11) is -2.55. The lowest BCUT2D eigenvalue weighted by Crippen LogP contribution is -2.46. The van der Waals surface area contributed by atoms with Crippen LogP contribution < -0.4 is 5.32 Å². The molecule has 0 bridgehead atoms. The highest BCUT2D eigenvalue weighted by Gasteiger charge is 2.34. The van der Waals surface area contributed by atoms with Crippen LogP contribution in [0.1, 0.15) is 30.9 Å². The molecule has 0 saturated carbocycles. The average molecular weight is 449 g/mol. The summed E-state index contributed by atoms with van der Waals surface area (Å²) < 4.78 is 45.0. The monoisotopic (exact) mass is 448 g/mol. The van der Waals surface area contributed by atoms with Crippen molar-refractivity contribution in [1.29, 1.82) is 0 Å². The first-order chi connectivity index (χ1) is 14.8. The maximum absolute atomic E-state index is 13.2. The molecule has 1 aliphatic rings. The van der Waals surface area contributed by atoms with Crippen molar-refractivity contribution < 1.29 is 27.1 Å². The summed E-state index contributed by atoms with van der Waals surface area (Å²) in [6.45, 7) is 0.305. The molecule has 1 N–H and O–H groups in total. The second-order valence-corrected chi connectivity index (χ2v) is 9.35. The van der Waals surface area contributed by atoms with Crippen LogP contribution in [0.25, 0.3) is 0 Å². The number of methoxy groups -OCH3 is 1. The van der Waals surface area contributed by atoms with Crippen LogP contribution in [0.15, 0.2) is 59.5 Å². The molecular formula is C22H25FN2O5S. The number of carbonyl (C=O) groups is 2. The third-order valence-corrected chi connectivity index (χ3v) is 7.20. The number of rotatable bonds is 7. The molecule has 3 rings (SSSR count). The minimum absolute atomic E-state index is 0.0113. The summed E-state index contributed by atoms with van der Waals surface area (Å²) in [6.07, 6.45) is 1.02. The van der Waals surface area contributed by atoms with E-state index in [1.807, 2.05) is 18.2 Å². The molecule has 1 saturated heterocycles. The molecule has 0 radical (unpaired) electrons. The van der Waals surface area contributed by atoms with Crippen LogP contribution in [-0.4, -0.2) is 44.8 Å². The Kier molecular flexibility index (Phi) is 7.40. The van der Waals surface area contributed by atoms with Crippen LogP contribution in [0.2, 0.25) is 0 Å². The van der Waals surface area contributed by atoms with Gasteiger partial charge in [0, 0.05) is 13.1 Å². The predicted octanol–water partition coefficient (Wildman–Crippen LogP) is 2.65. The molecule has 0 unspecified atom stereocenters. The number of benzene rings is 2. The number of nitrogens with zero attached hydrogens (tertiary/aromatic N) is 1. The highest BCUT2D eigenvalue weighted by atomic mass is 32.2. The standard InChI is InChI=1S/C22H25FN2O5S/c1-30-21(26)14-20(16-6-3-2-4-7-16)24-22(27)17-8-5-13-25(15-17)31(28,29)19-11-9-18(23)10-12-19/h2-4,6-7,9-12,17,20H,5,8,13-15H2,1H3,(H,24,27)/t17-,20+/m0/s1. The number of piperidine rings is 1. The van der Waals surface area contributed by atoms with Gasteiger partial charge >= 0.3 is 5.97 Å². The second-order valence-electron chi connectivity index (χ2n) is 7.41. The van der Waals surface area contributed by atoms with Crippen molar-refractivity contribution >= 4 is 21.9 Å². The molecule has 0 aromatic heterocycles. The molecule has 1 aliphatic heterocycles. The Labute approximate surface area is 181 Å². The smallest absolute Gasteiger partial charge is 0.307 e. The van der Waals surface area contributed by atoms with Crippen molar-refractivity contribution in [3.05, 3.63) is 66.0 Å². The summed E-state index contributed by atoms with van der Waals surface area (Å²) in [6, 6.07) is 13.1. The molecule has 9 heteroatoms. The molecule has 1 fully saturated rings. The fourth-order valence-corrected chi connectivity index (χ4v) is 5.13. The fraction of sp³-hybridized carbons (Fsp3) is 0.364. The van der Waals surface area contributed by atoms with E-state index in [-0.39, 0.29) is 30.3 Å². The van der Waals surface area contributed by atoms with E-state index in [2.05, 4.69) is 5.32 Å².